The third-order valence-corrected chi connectivity index (χ3v) is 19.3. The van der Waals surface area contributed by atoms with Gasteiger partial charge in [-0.2, -0.15) is 0 Å². The van der Waals surface area contributed by atoms with E-state index >= 15 is 0 Å². The summed E-state index contributed by atoms with van der Waals surface area (Å²) in [4.78, 5) is 8.31. The maximum atomic E-state index is 2.90. The summed E-state index contributed by atoms with van der Waals surface area (Å²) < 4.78 is 0. The highest BCUT2D eigenvalue weighted by molar-refractivity contribution is 7.00. The van der Waals surface area contributed by atoms with E-state index in [0.29, 0.717) is 12.1 Å². The zero-order valence-corrected chi connectivity index (χ0v) is 47.6. The van der Waals surface area contributed by atoms with Gasteiger partial charge in [0, 0.05) is 62.8 Å². The normalized spacial score (nSPS) is 18.2. The van der Waals surface area contributed by atoms with Crippen molar-refractivity contribution < 1.29 is 0 Å². The number of para-hydroxylation sites is 2. The largest absolute Gasteiger partial charge is 0.365 e. The van der Waals surface area contributed by atoms with E-state index in [1.54, 1.807) is 0 Å². The van der Waals surface area contributed by atoms with Crippen LogP contribution in [0.2, 0.25) is 0 Å². The van der Waals surface area contributed by atoms with Gasteiger partial charge >= 0.3 is 0 Å². The second-order valence-electron chi connectivity index (χ2n) is 25.2. The highest BCUT2D eigenvalue weighted by Crippen LogP contribution is 2.56. The Morgan fingerprint density at radius 1 is 0.325 bits per heavy atom. The van der Waals surface area contributed by atoms with Crippen LogP contribution in [0.25, 0.3) is 66.8 Å². The first-order valence-corrected chi connectivity index (χ1v) is 30.3. The van der Waals surface area contributed by atoms with Gasteiger partial charge in [0.1, 0.15) is 0 Å². The molecule has 6 aliphatic rings. The van der Waals surface area contributed by atoms with Crippen molar-refractivity contribution in [3.05, 3.63) is 266 Å². The van der Waals surface area contributed by atoms with Crippen LogP contribution in [-0.2, 0) is 5.41 Å². The van der Waals surface area contributed by atoms with Crippen LogP contribution in [0, 0.1) is 11.8 Å². The highest BCUT2D eigenvalue weighted by atomic mass is 15.2. The number of rotatable bonds is 9. The number of piperidine rings is 2. The Labute approximate surface area is 490 Å². The van der Waals surface area contributed by atoms with Gasteiger partial charge in [0.05, 0.1) is 11.4 Å². The molecule has 4 fully saturated rings. The molecule has 3 nitrogen and oxygen atoms in total. The highest BCUT2D eigenvalue weighted by Gasteiger charge is 2.49. The quantitative estimate of drug-likeness (QED) is 0.133. The van der Waals surface area contributed by atoms with E-state index in [9.17, 15) is 0 Å². The molecule has 4 aliphatic heterocycles. The summed E-state index contributed by atoms with van der Waals surface area (Å²) in [7, 11) is 0. The van der Waals surface area contributed by atoms with Crippen molar-refractivity contribution in [1.29, 1.82) is 0 Å². The number of hydrogen-bond acceptors (Lipinski definition) is 3. The molecule has 2 saturated heterocycles. The Morgan fingerprint density at radius 3 is 1.20 bits per heavy atom. The van der Waals surface area contributed by atoms with Crippen molar-refractivity contribution >= 4 is 62.9 Å². The van der Waals surface area contributed by atoms with E-state index in [-0.39, 0.29) is 12.1 Å². The van der Waals surface area contributed by atoms with Crippen LogP contribution < -0.4 is 31.1 Å². The fourth-order valence-electron chi connectivity index (χ4n) is 15.7. The van der Waals surface area contributed by atoms with Crippen LogP contribution in [0.15, 0.2) is 261 Å². The van der Waals surface area contributed by atoms with E-state index in [1.165, 1.54) is 155 Å². The van der Waals surface area contributed by atoms with Crippen LogP contribution in [0.1, 0.15) is 58.4 Å². The molecule has 0 radical (unpaired) electrons. The lowest BCUT2D eigenvalue weighted by Gasteiger charge is -2.57. The maximum absolute atomic E-state index is 2.90. The van der Waals surface area contributed by atoms with E-state index < -0.39 is 0 Å². The zero-order chi connectivity index (χ0) is 55.3. The molecule has 400 valence electrons. The lowest BCUT2D eigenvalue weighted by Crippen LogP contribution is -2.62. The van der Waals surface area contributed by atoms with Crippen LogP contribution in [-0.4, -0.2) is 18.8 Å². The van der Waals surface area contributed by atoms with Gasteiger partial charge in [-0.25, -0.2) is 0 Å². The van der Waals surface area contributed by atoms with Crippen molar-refractivity contribution in [3.63, 3.8) is 0 Å². The Morgan fingerprint density at radius 2 is 0.747 bits per heavy atom. The summed E-state index contributed by atoms with van der Waals surface area (Å²) in [6.45, 7) is 6.80. The summed E-state index contributed by atoms with van der Waals surface area (Å²) in [6, 6.07) is 100. The predicted octanol–water partition coefficient (Wildman–Crippen LogP) is 18.8. The third kappa shape index (κ3) is 8.39. The van der Waals surface area contributed by atoms with Gasteiger partial charge in [-0.3, -0.25) is 0 Å². The van der Waals surface area contributed by atoms with E-state index in [4.69, 9.17) is 0 Å². The van der Waals surface area contributed by atoms with E-state index in [0.717, 1.165) is 17.5 Å². The predicted molar refractivity (Wildman–Crippen MR) is 352 cm³/mol. The molecule has 0 spiro atoms. The minimum Gasteiger partial charge on any atom is -0.365 e. The second-order valence-corrected chi connectivity index (χ2v) is 25.2. The summed E-state index contributed by atoms with van der Waals surface area (Å²) in [5, 5.41) is 0. The number of benzene rings is 11. The van der Waals surface area contributed by atoms with Crippen molar-refractivity contribution in [2.75, 3.05) is 14.7 Å². The Balaban J connectivity index is 1.05. The van der Waals surface area contributed by atoms with Crippen molar-refractivity contribution in [3.8, 4) is 66.8 Å². The lowest BCUT2D eigenvalue weighted by atomic mass is 9.33. The molecule has 4 heterocycles. The Kier molecular flexibility index (Phi) is 11.9. The SMILES string of the molecule is CC(C)(C)c1ccc(-c2ccc3c(c2)B2c4ccc(N5C6CC7CC(C6)CC5C7)cc4N(c4c(-c5ccccc5)cccc4-c4ccccc4)c4cc(-c5ccccc5)cc(c42)N3c2c(-c3ccccc3)cccc2-c2ccccc2)cc1. The van der Waals surface area contributed by atoms with E-state index in [2.05, 4.69) is 296 Å². The molecule has 4 bridgehead atoms. The standard InChI is InChI=1S/C79H66BN3/c1-79(2,3)62-38-35-55(36-39-62)60-37-42-72-71(48-60)80-70-41-40-63(81-64-44-52-43-53(46-64)47-65(81)45-52)51-73(70)83(78-68(58-27-15-7-16-28-58)33-20-34-69(78)59-29-17-8-18-30-59)75-50-61(54-21-9-4-10-22-54)49-74(76(75)80)82(72)77-66(56-23-11-5-12-24-56)31-19-32-67(77)57-25-13-6-14-26-57/h4-42,48-53,64-65H,43-47H2,1-3H3. The van der Waals surface area contributed by atoms with Crippen LogP contribution in [0.4, 0.5) is 39.8 Å². The fourth-order valence-corrected chi connectivity index (χ4v) is 15.7. The van der Waals surface area contributed by atoms with Gasteiger partial charge < -0.3 is 14.7 Å². The molecule has 11 aromatic rings. The summed E-state index contributed by atoms with van der Waals surface area (Å²) in [5.41, 5.74) is 28.1. The Bertz CT molecular complexity index is 4100. The molecule has 2 aliphatic carbocycles. The second kappa shape index (κ2) is 19.8. The molecule has 0 unspecified atom stereocenters. The third-order valence-electron chi connectivity index (χ3n) is 19.3. The molecule has 83 heavy (non-hydrogen) atoms. The molecule has 0 aromatic heterocycles. The zero-order valence-electron chi connectivity index (χ0n) is 47.6. The average Bonchev–Trinajstić information content (AvgIpc) is 0.911. The first-order chi connectivity index (χ1) is 40.8. The first-order valence-electron chi connectivity index (χ1n) is 30.3. The Hall–Kier alpha value is -9.12. The first kappa shape index (κ1) is 49.7. The van der Waals surface area contributed by atoms with Gasteiger partial charge in [0.25, 0.3) is 6.71 Å². The van der Waals surface area contributed by atoms with Gasteiger partial charge in [0.15, 0.2) is 0 Å². The van der Waals surface area contributed by atoms with Crippen molar-refractivity contribution in [1.82, 2.24) is 0 Å². The number of fused-ring (bicyclic) bond motifs is 4. The van der Waals surface area contributed by atoms with Gasteiger partial charge in [-0.15, -0.1) is 0 Å². The maximum Gasteiger partial charge on any atom is 0.252 e. The molecule has 2 saturated carbocycles. The molecule has 0 amide bonds. The van der Waals surface area contributed by atoms with Crippen molar-refractivity contribution in [2.45, 2.75) is 70.4 Å². The number of nitrogens with zero attached hydrogens (tertiary/aromatic N) is 3. The van der Waals surface area contributed by atoms with Gasteiger partial charge in [0.2, 0.25) is 0 Å². The number of anilines is 7. The van der Waals surface area contributed by atoms with E-state index in [1.807, 2.05) is 0 Å². The van der Waals surface area contributed by atoms with Crippen LogP contribution >= 0.6 is 0 Å². The number of hydrogen-bond donors (Lipinski definition) is 0. The van der Waals surface area contributed by atoms with Gasteiger partial charge in [-0.1, -0.05) is 251 Å². The molecule has 17 rings (SSSR count). The molecular formula is C79H66BN3. The average molecular weight is 1070 g/mol. The topological polar surface area (TPSA) is 9.72 Å². The minimum atomic E-state index is -0.119. The van der Waals surface area contributed by atoms with Crippen molar-refractivity contribution in [2.24, 2.45) is 11.8 Å². The van der Waals surface area contributed by atoms with Crippen LogP contribution in [0.3, 0.4) is 0 Å². The smallest absolute Gasteiger partial charge is 0.252 e. The summed E-state index contributed by atoms with van der Waals surface area (Å²) in [6.07, 6.45) is 6.63. The van der Waals surface area contributed by atoms with Crippen LogP contribution in [0.5, 0.6) is 0 Å². The molecule has 0 N–H and O–H groups in total. The fraction of sp³-hybridized carbons (Fsp3) is 0.165. The van der Waals surface area contributed by atoms with Gasteiger partial charge in [-0.05, 0) is 146 Å². The minimum absolute atomic E-state index is 0.0411. The monoisotopic (exact) mass is 1070 g/mol. The lowest BCUT2D eigenvalue weighted by molar-refractivity contribution is 0.0900. The molecule has 11 aromatic carbocycles. The molecule has 4 heteroatoms. The molecule has 0 atom stereocenters. The molecular weight excluding hydrogens is 1000 g/mol. The summed E-state index contributed by atoms with van der Waals surface area (Å²) in [5.74, 6) is 1.71. The summed E-state index contributed by atoms with van der Waals surface area (Å²) >= 11 is 0.